The van der Waals surface area contributed by atoms with Crippen LogP contribution in [0.25, 0.3) is 60.1 Å². The van der Waals surface area contributed by atoms with Crippen molar-refractivity contribution in [3.63, 3.8) is 0 Å². The SMILES string of the molecule is C=C(/C=C\C)c1ccc(N(c2ccc(C(C)(C)C)cc2)c2cc3c4cc(C(C)(C)C)ccc4c(N(c4ccc(-c5ccc(-c6ccccc6)cc5)cc4)c4ccc(C(C)(C)C)cc4)cc3c3ccccc23)cc1. The maximum Gasteiger partial charge on any atom is 0.0546 e. The monoisotopic (exact) mass is 949 g/mol. The van der Waals surface area contributed by atoms with Gasteiger partial charge in [-0.3, -0.25) is 0 Å². The molecule has 0 saturated heterocycles. The molecule has 0 N–H and O–H groups in total. The van der Waals surface area contributed by atoms with Crippen LogP contribution >= 0.6 is 0 Å². The summed E-state index contributed by atoms with van der Waals surface area (Å²) in [6.07, 6.45) is 4.12. The summed E-state index contributed by atoms with van der Waals surface area (Å²) < 4.78 is 0. The Balaban J connectivity index is 1.21. The van der Waals surface area contributed by atoms with E-state index in [2.05, 4.69) is 291 Å². The normalized spacial score (nSPS) is 12.2. The molecule has 10 aromatic rings. The summed E-state index contributed by atoms with van der Waals surface area (Å²) in [7, 11) is 0. The van der Waals surface area contributed by atoms with E-state index < -0.39 is 0 Å². The number of fused-ring (bicyclic) bond motifs is 5. The second-order valence-electron chi connectivity index (χ2n) is 22.8. The third-order valence-corrected chi connectivity index (χ3v) is 14.6. The van der Waals surface area contributed by atoms with Gasteiger partial charge in [0.15, 0.2) is 0 Å². The number of hydrogen-bond donors (Lipinski definition) is 0. The van der Waals surface area contributed by atoms with E-state index >= 15 is 0 Å². The minimum absolute atomic E-state index is 0.0161. The van der Waals surface area contributed by atoms with Gasteiger partial charge in [-0.1, -0.05) is 221 Å². The molecule has 0 radical (unpaired) electrons. The molecule has 0 unspecified atom stereocenters. The molecule has 0 atom stereocenters. The largest absolute Gasteiger partial charge is 0.310 e. The highest BCUT2D eigenvalue weighted by Crippen LogP contribution is 2.49. The highest BCUT2D eigenvalue weighted by atomic mass is 15.2. The van der Waals surface area contributed by atoms with Crippen molar-refractivity contribution in [3.8, 4) is 22.3 Å². The fraction of sp³-hybridized carbons (Fsp3) is 0.183. The Bertz CT molecular complexity index is 3630. The van der Waals surface area contributed by atoms with Gasteiger partial charge in [0.2, 0.25) is 0 Å². The van der Waals surface area contributed by atoms with E-state index in [4.69, 9.17) is 0 Å². The average molecular weight is 949 g/mol. The van der Waals surface area contributed by atoms with Gasteiger partial charge in [-0.05, 0) is 162 Å². The van der Waals surface area contributed by atoms with Crippen LogP contribution in [-0.2, 0) is 16.2 Å². The minimum Gasteiger partial charge on any atom is -0.310 e. The molecule has 10 rings (SSSR count). The Morgan fingerprint density at radius 2 is 0.685 bits per heavy atom. The first-order chi connectivity index (χ1) is 35.0. The maximum absolute atomic E-state index is 4.36. The summed E-state index contributed by atoms with van der Waals surface area (Å²) in [4.78, 5) is 4.92. The first-order valence-electron chi connectivity index (χ1n) is 25.9. The van der Waals surface area contributed by atoms with Crippen molar-refractivity contribution in [2.24, 2.45) is 0 Å². The molecular formula is C71H68N2. The Hall–Kier alpha value is -7.94. The summed E-state index contributed by atoms with van der Waals surface area (Å²) >= 11 is 0. The lowest BCUT2D eigenvalue weighted by molar-refractivity contribution is 0.590. The summed E-state index contributed by atoms with van der Waals surface area (Å²) in [6.45, 7) is 27.0. The second-order valence-corrected chi connectivity index (χ2v) is 22.8. The smallest absolute Gasteiger partial charge is 0.0546 e. The van der Waals surface area contributed by atoms with Gasteiger partial charge in [-0.2, -0.15) is 0 Å². The lowest BCUT2D eigenvalue weighted by atomic mass is 9.84. The van der Waals surface area contributed by atoms with Gasteiger partial charge in [0, 0.05) is 33.5 Å². The van der Waals surface area contributed by atoms with Crippen LogP contribution in [0.5, 0.6) is 0 Å². The van der Waals surface area contributed by atoms with Crippen LogP contribution in [0.4, 0.5) is 34.1 Å². The van der Waals surface area contributed by atoms with Gasteiger partial charge in [-0.25, -0.2) is 0 Å². The van der Waals surface area contributed by atoms with Gasteiger partial charge in [0.1, 0.15) is 0 Å². The number of anilines is 6. The molecular weight excluding hydrogens is 881 g/mol. The molecule has 0 aromatic heterocycles. The van der Waals surface area contributed by atoms with E-state index in [0.717, 1.165) is 45.3 Å². The Labute approximate surface area is 434 Å². The van der Waals surface area contributed by atoms with Gasteiger partial charge >= 0.3 is 0 Å². The summed E-state index contributed by atoms with van der Waals surface area (Å²) in [5.74, 6) is 0. The Kier molecular flexibility index (Phi) is 12.8. The average Bonchev–Trinajstić information content (AvgIpc) is 3.39. The van der Waals surface area contributed by atoms with Gasteiger partial charge in [-0.15, -0.1) is 0 Å². The Morgan fingerprint density at radius 1 is 0.342 bits per heavy atom. The van der Waals surface area contributed by atoms with Crippen molar-refractivity contribution in [3.05, 3.63) is 247 Å². The molecule has 0 aliphatic heterocycles. The van der Waals surface area contributed by atoms with E-state index in [0.29, 0.717) is 0 Å². The molecule has 2 heteroatoms. The maximum atomic E-state index is 4.36. The molecule has 0 amide bonds. The minimum atomic E-state index is -0.0760. The first-order valence-corrected chi connectivity index (χ1v) is 25.9. The van der Waals surface area contributed by atoms with Crippen LogP contribution < -0.4 is 9.80 Å². The van der Waals surface area contributed by atoms with Gasteiger partial charge in [0.05, 0.1) is 11.4 Å². The molecule has 0 fully saturated rings. The molecule has 0 aliphatic rings. The number of rotatable bonds is 10. The number of benzene rings is 10. The van der Waals surface area contributed by atoms with Crippen LogP contribution in [0.1, 0.15) is 91.5 Å². The second kappa shape index (κ2) is 19.2. The zero-order chi connectivity index (χ0) is 51.2. The van der Waals surface area contributed by atoms with Gasteiger partial charge < -0.3 is 9.80 Å². The van der Waals surface area contributed by atoms with Crippen molar-refractivity contribution >= 4 is 72.0 Å². The first kappa shape index (κ1) is 48.7. The zero-order valence-electron chi connectivity index (χ0n) is 44.4. The molecule has 0 bridgehead atoms. The molecule has 0 heterocycles. The highest BCUT2D eigenvalue weighted by Gasteiger charge is 2.25. The van der Waals surface area contributed by atoms with Crippen molar-refractivity contribution in [1.82, 2.24) is 0 Å². The standard InChI is InChI=1S/C71H68N2/c1-12-18-48(2)49-27-36-57(37-28-49)72(59-40-31-54(32-41-59)69(3,4)5)67-47-66-64-45-56(71(9,10)11)35-44-63(64)68(46-65(66)61-21-16-17-22-62(61)67)73(60-42-33-55(34-43-60)70(6,7)8)58-38-29-53(30-39-58)52-25-23-51(24-26-52)50-19-14-13-15-20-50/h12-47H,2H2,1,3-11H3/b18-12-. The summed E-state index contributed by atoms with van der Waals surface area (Å²) in [5.41, 5.74) is 17.4. The predicted octanol–water partition coefficient (Wildman–Crippen LogP) is 20.9. The molecule has 73 heavy (non-hydrogen) atoms. The third-order valence-electron chi connectivity index (χ3n) is 14.6. The van der Waals surface area contributed by atoms with Gasteiger partial charge in [0.25, 0.3) is 0 Å². The molecule has 0 aliphatic carbocycles. The van der Waals surface area contributed by atoms with E-state index in [1.165, 1.54) is 71.3 Å². The fourth-order valence-electron chi connectivity index (χ4n) is 10.3. The topological polar surface area (TPSA) is 6.48 Å². The predicted molar refractivity (Wildman–Crippen MR) is 319 cm³/mol. The lowest BCUT2D eigenvalue weighted by Gasteiger charge is -2.31. The van der Waals surface area contributed by atoms with Crippen molar-refractivity contribution in [2.45, 2.75) is 85.5 Å². The molecule has 10 aromatic carbocycles. The van der Waals surface area contributed by atoms with Crippen LogP contribution in [0.2, 0.25) is 0 Å². The van der Waals surface area contributed by atoms with E-state index in [1.54, 1.807) is 0 Å². The van der Waals surface area contributed by atoms with Crippen molar-refractivity contribution < 1.29 is 0 Å². The lowest BCUT2D eigenvalue weighted by Crippen LogP contribution is -2.14. The number of hydrogen-bond acceptors (Lipinski definition) is 2. The van der Waals surface area contributed by atoms with Crippen molar-refractivity contribution in [2.75, 3.05) is 9.80 Å². The van der Waals surface area contributed by atoms with Crippen LogP contribution in [0, 0.1) is 0 Å². The van der Waals surface area contributed by atoms with Crippen LogP contribution in [0.3, 0.4) is 0 Å². The summed E-state index contributed by atoms with van der Waals surface area (Å²) in [6, 6.07) is 77.0. The molecule has 2 nitrogen and oxygen atoms in total. The van der Waals surface area contributed by atoms with E-state index in [-0.39, 0.29) is 16.2 Å². The third kappa shape index (κ3) is 9.75. The summed E-state index contributed by atoms with van der Waals surface area (Å²) in [5, 5.41) is 7.21. The molecule has 0 spiro atoms. The quantitative estimate of drug-likeness (QED) is 0.0996. The fourth-order valence-corrected chi connectivity index (χ4v) is 10.3. The van der Waals surface area contributed by atoms with Crippen LogP contribution in [-0.4, -0.2) is 0 Å². The number of nitrogens with zero attached hydrogens (tertiary/aromatic N) is 2. The van der Waals surface area contributed by atoms with E-state index in [1.807, 2.05) is 13.0 Å². The van der Waals surface area contributed by atoms with Crippen LogP contribution in [0.15, 0.2) is 225 Å². The van der Waals surface area contributed by atoms with Crippen molar-refractivity contribution in [1.29, 1.82) is 0 Å². The number of allylic oxidation sites excluding steroid dienone is 3. The highest BCUT2D eigenvalue weighted by molar-refractivity contribution is 6.24. The van der Waals surface area contributed by atoms with E-state index in [9.17, 15) is 0 Å². The Morgan fingerprint density at radius 3 is 1.14 bits per heavy atom. The molecule has 362 valence electrons. The molecule has 0 saturated carbocycles. The zero-order valence-corrected chi connectivity index (χ0v) is 44.4.